The minimum atomic E-state index is -0.341. The largest absolute Gasteiger partial charge is 0.396 e. The molecule has 0 radical (unpaired) electrons. The molecule has 110 valence electrons. The number of rotatable bonds is 5. The van der Waals surface area contributed by atoms with E-state index in [1.54, 1.807) is 23.9 Å². The zero-order valence-electron chi connectivity index (χ0n) is 11.1. The Hall–Kier alpha value is -1.05. The molecule has 0 unspecified atom stereocenters. The normalized spacial score (nSPS) is 14.4. The minimum Gasteiger partial charge on any atom is -0.396 e. The van der Waals surface area contributed by atoms with Crippen molar-refractivity contribution in [2.75, 3.05) is 12.5 Å². The Balaban J connectivity index is 0.00000200. The SMILES string of the molecule is Br.CC1=C(CCO)SCN1Cc1ccccc1[N+](=O)[O-]. The van der Waals surface area contributed by atoms with Crippen molar-refractivity contribution in [2.45, 2.75) is 19.9 Å². The van der Waals surface area contributed by atoms with Gasteiger partial charge in [0, 0.05) is 35.3 Å². The highest BCUT2D eigenvalue weighted by Crippen LogP contribution is 2.35. The van der Waals surface area contributed by atoms with Crippen LogP contribution in [0.1, 0.15) is 18.9 Å². The van der Waals surface area contributed by atoms with E-state index in [-0.39, 0.29) is 34.2 Å². The molecule has 0 aromatic heterocycles. The van der Waals surface area contributed by atoms with Crippen LogP contribution in [0.3, 0.4) is 0 Å². The van der Waals surface area contributed by atoms with E-state index < -0.39 is 0 Å². The lowest BCUT2D eigenvalue weighted by atomic mass is 10.1. The molecular formula is C13H17BrN2O3S. The number of aliphatic hydroxyl groups excluding tert-OH is 1. The zero-order chi connectivity index (χ0) is 13.8. The Kier molecular flexibility index (Phi) is 6.51. The van der Waals surface area contributed by atoms with E-state index in [9.17, 15) is 10.1 Å². The summed E-state index contributed by atoms with van der Waals surface area (Å²) < 4.78 is 0. The zero-order valence-corrected chi connectivity index (χ0v) is 13.6. The minimum absolute atomic E-state index is 0. The van der Waals surface area contributed by atoms with Gasteiger partial charge < -0.3 is 10.0 Å². The van der Waals surface area contributed by atoms with Crippen molar-refractivity contribution in [1.29, 1.82) is 0 Å². The molecule has 1 N–H and O–H groups in total. The van der Waals surface area contributed by atoms with Gasteiger partial charge in [0.1, 0.15) is 0 Å². The maximum atomic E-state index is 11.0. The topological polar surface area (TPSA) is 66.6 Å². The fraction of sp³-hybridized carbons (Fsp3) is 0.385. The molecule has 0 saturated carbocycles. The number of para-hydroxylation sites is 1. The number of aliphatic hydroxyl groups is 1. The summed E-state index contributed by atoms with van der Waals surface area (Å²) >= 11 is 1.69. The second kappa shape index (κ2) is 7.66. The molecule has 0 aliphatic carbocycles. The second-order valence-electron chi connectivity index (χ2n) is 4.34. The van der Waals surface area contributed by atoms with Crippen LogP contribution >= 0.6 is 28.7 Å². The van der Waals surface area contributed by atoms with Gasteiger partial charge in [0.25, 0.3) is 5.69 Å². The lowest BCUT2D eigenvalue weighted by molar-refractivity contribution is -0.385. The molecule has 0 fully saturated rings. The van der Waals surface area contributed by atoms with Crippen LogP contribution in [-0.2, 0) is 6.54 Å². The molecular weight excluding hydrogens is 344 g/mol. The molecule has 2 rings (SSSR count). The standard InChI is InChI=1S/C13H16N2O3S.BrH/c1-10-13(6-7-16)19-9-14(10)8-11-4-2-3-5-12(11)15(17)18;/h2-5,16H,6-9H2,1H3;1H. The third-order valence-corrected chi connectivity index (χ3v) is 4.45. The monoisotopic (exact) mass is 360 g/mol. The molecule has 1 aliphatic rings. The van der Waals surface area contributed by atoms with Gasteiger partial charge in [-0.2, -0.15) is 0 Å². The molecule has 1 aromatic rings. The molecule has 0 atom stereocenters. The molecule has 0 amide bonds. The van der Waals surface area contributed by atoms with E-state index in [4.69, 9.17) is 5.11 Å². The van der Waals surface area contributed by atoms with E-state index in [1.807, 2.05) is 13.0 Å². The number of nitro benzene ring substituents is 1. The van der Waals surface area contributed by atoms with E-state index >= 15 is 0 Å². The van der Waals surface area contributed by atoms with Gasteiger partial charge in [-0.15, -0.1) is 28.7 Å². The molecule has 7 heteroatoms. The van der Waals surface area contributed by atoms with Crippen LogP contribution < -0.4 is 0 Å². The summed E-state index contributed by atoms with van der Waals surface area (Å²) in [6.07, 6.45) is 0.657. The summed E-state index contributed by atoms with van der Waals surface area (Å²) in [4.78, 5) is 13.9. The van der Waals surface area contributed by atoms with Crippen molar-refractivity contribution in [3.63, 3.8) is 0 Å². The van der Waals surface area contributed by atoms with Crippen LogP contribution in [0.2, 0.25) is 0 Å². The predicted octanol–water partition coefficient (Wildman–Crippen LogP) is 3.29. The van der Waals surface area contributed by atoms with Crippen molar-refractivity contribution < 1.29 is 10.0 Å². The van der Waals surface area contributed by atoms with Crippen LogP contribution in [0.25, 0.3) is 0 Å². The first kappa shape index (κ1) is 17.0. The number of thioether (sulfide) groups is 1. The van der Waals surface area contributed by atoms with Crippen molar-refractivity contribution in [3.8, 4) is 0 Å². The third-order valence-electron chi connectivity index (χ3n) is 3.16. The average molecular weight is 361 g/mol. The maximum Gasteiger partial charge on any atom is 0.274 e. The number of hydrogen-bond donors (Lipinski definition) is 1. The number of hydrogen-bond acceptors (Lipinski definition) is 5. The molecule has 1 aromatic carbocycles. The first-order chi connectivity index (χ1) is 9.13. The van der Waals surface area contributed by atoms with E-state index in [0.29, 0.717) is 13.0 Å². The highest BCUT2D eigenvalue weighted by atomic mass is 79.9. The Morgan fingerprint density at radius 1 is 1.45 bits per heavy atom. The van der Waals surface area contributed by atoms with Crippen molar-refractivity contribution >= 4 is 34.4 Å². The van der Waals surface area contributed by atoms with E-state index in [0.717, 1.165) is 17.1 Å². The van der Waals surface area contributed by atoms with E-state index in [1.165, 1.54) is 11.0 Å². The highest BCUT2D eigenvalue weighted by molar-refractivity contribution is 8.93. The van der Waals surface area contributed by atoms with Crippen molar-refractivity contribution in [3.05, 3.63) is 50.5 Å². The summed E-state index contributed by atoms with van der Waals surface area (Å²) in [5, 5.41) is 20.0. The van der Waals surface area contributed by atoms with Gasteiger partial charge in [-0.25, -0.2) is 0 Å². The second-order valence-corrected chi connectivity index (χ2v) is 5.38. The van der Waals surface area contributed by atoms with Gasteiger partial charge in [0.15, 0.2) is 0 Å². The molecule has 1 aliphatic heterocycles. The number of nitro groups is 1. The van der Waals surface area contributed by atoms with Gasteiger partial charge in [0.05, 0.1) is 17.3 Å². The molecule has 0 spiro atoms. The summed E-state index contributed by atoms with van der Waals surface area (Å²) in [7, 11) is 0. The Bertz CT molecular complexity index is 522. The van der Waals surface area contributed by atoms with Crippen LogP contribution in [0.4, 0.5) is 5.69 Å². The smallest absolute Gasteiger partial charge is 0.274 e. The lowest BCUT2D eigenvalue weighted by Crippen LogP contribution is -2.17. The molecule has 0 saturated heterocycles. The predicted molar refractivity (Wildman–Crippen MR) is 85.8 cm³/mol. The fourth-order valence-electron chi connectivity index (χ4n) is 2.08. The fourth-order valence-corrected chi connectivity index (χ4v) is 3.25. The molecule has 0 bridgehead atoms. The van der Waals surface area contributed by atoms with Gasteiger partial charge in [0.2, 0.25) is 0 Å². The van der Waals surface area contributed by atoms with Crippen LogP contribution in [0.5, 0.6) is 0 Å². The number of nitrogens with zero attached hydrogens (tertiary/aromatic N) is 2. The van der Waals surface area contributed by atoms with Gasteiger partial charge in [-0.3, -0.25) is 10.1 Å². The molecule has 1 heterocycles. The highest BCUT2D eigenvalue weighted by Gasteiger charge is 2.22. The van der Waals surface area contributed by atoms with Crippen LogP contribution in [0, 0.1) is 10.1 Å². The molecule has 20 heavy (non-hydrogen) atoms. The van der Waals surface area contributed by atoms with Gasteiger partial charge in [-0.1, -0.05) is 18.2 Å². The first-order valence-corrected chi connectivity index (χ1v) is 7.02. The van der Waals surface area contributed by atoms with E-state index in [2.05, 4.69) is 4.90 Å². The van der Waals surface area contributed by atoms with Gasteiger partial charge in [-0.05, 0) is 6.92 Å². The lowest BCUT2D eigenvalue weighted by Gasteiger charge is -2.19. The summed E-state index contributed by atoms with van der Waals surface area (Å²) in [6.45, 7) is 2.67. The third kappa shape index (κ3) is 3.74. The summed E-state index contributed by atoms with van der Waals surface area (Å²) in [5.41, 5.74) is 1.99. The van der Waals surface area contributed by atoms with Gasteiger partial charge >= 0.3 is 0 Å². The summed E-state index contributed by atoms with van der Waals surface area (Å²) in [6, 6.07) is 6.83. The van der Waals surface area contributed by atoms with Crippen molar-refractivity contribution in [2.24, 2.45) is 0 Å². The Labute approximate surface area is 132 Å². The Morgan fingerprint density at radius 3 is 2.80 bits per heavy atom. The quantitative estimate of drug-likeness (QED) is 0.644. The Morgan fingerprint density at radius 2 is 2.15 bits per heavy atom. The van der Waals surface area contributed by atoms with Crippen molar-refractivity contribution in [1.82, 2.24) is 4.90 Å². The maximum absolute atomic E-state index is 11.0. The first-order valence-electron chi connectivity index (χ1n) is 6.04. The number of allylic oxidation sites excluding steroid dienone is 1. The number of halogens is 1. The molecule has 5 nitrogen and oxygen atoms in total. The van der Waals surface area contributed by atoms with Crippen LogP contribution in [-0.4, -0.2) is 27.4 Å². The average Bonchev–Trinajstić information content (AvgIpc) is 2.73. The van der Waals surface area contributed by atoms with Crippen LogP contribution in [0.15, 0.2) is 34.9 Å². The number of benzene rings is 1. The summed E-state index contributed by atoms with van der Waals surface area (Å²) in [5.74, 6) is 0.785.